The number of thioether (sulfide) groups is 1. The SMILES string of the molecule is CC=C=CSc1ccccc1. The molecule has 0 saturated heterocycles. The van der Waals surface area contributed by atoms with Gasteiger partial charge < -0.3 is 0 Å². The van der Waals surface area contributed by atoms with Crippen molar-refractivity contribution in [2.24, 2.45) is 0 Å². The first-order chi connectivity index (χ1) is 5.43. The Morgan fingerprint density at radius 2 is 2.00 bits per heavy atom. The lowest BCUT2D eigenvalue weighted by molar-refractivity contribution is 1.47. The fraction of sp³-hybridized carbons (Fsp3) is 0.100. The molecule has 0 nitrogen and oxygen atoms in total. The second-order valence-electron chi connectivity index (χ2n) is 2.00. The first kappa shape index (κ1) is 8.19. The average molecular weight is 162 g/mol. The molecular formula is C10H10S. The van der Waals surface area contributed by atoms with Gasteiger partial charge in [0.05, 0.1) is 0 Å². The molecule has 0 fully saturated rings. The Morgan fingerprint density at radius 1 is 1.27 bits per heavy atom. The Bertz CT molecular complexity index is 255. The Morgan fingerprint density at radius 3 is 2.64 bits per heavy atom. The van der Waals surface area contributed by atoms with Crippen LogP contribution in [-0.2, 0) is 0 Å². The van der Waals surface area contributed by atoms with Crippen LogP contribution in [-0.4, -0.2) is 0 Å². The van der Waals surface area contributed by atoms with Crippen LogP contribution >= 0.6 is 11.8 Å². The third kappa shape index (κ3) is 3.13. The van der Waals surface area contributed by atoms with Crippen molar-refractivity contribution >= 4 is 11.8 Å². The average Bonchev–Trinajstić information content (AvgIpc) is 2.07. The summed E-state index contributed by atoms with van der Waals surface area (Å²) in [5, 5.41) is 1.95. The first-order valence-corrected chi connectivity index (χ1v) is 4.38. The highest BCUT2D eigenvalue weighted by Gasteiger charge is 1.83. The molecule has 0 atom stereocenters. The van der Waals surface area contributed by atoms with E-state index in [0.717, 1.165) is 0 Å². The summed E-state index contributed by atoms with van der Waals surface area (Å²) in [5.41, 5.74) is 3.01. The molecule has 1 aromatic rings. The van der Waals surface area contributed by atoms with E-state index in [1.54, 1.807) is 11.8 Å². The zero-order valence-electron chi connectivity index (χ0n) is 6.45. The molecule has 11 heavy (non-hydrogen) atoms. The van der Waals surface area contributed by atoms with Crippen LogP contribution in [0.25, 0.3) is 0 Å². The number of hydrogen-bond acceptors (Lipinski definition) is 1. The van der Waals surface area contributed by atoms with Gasteiger partial charge in [0.25, 0.3) is 0 Å². The van der Waals surface area contributed by atoms with Crippen LogP contribution in [0, 0.1) is 0 Å². The van der Waals surface area contributed by atoms with Gasteiger partial charge in [0.15, 0.2) is 0 Å². The van der Waals surface area contributed by atoms with Crippen LogP contribution in [0.15, 0.2) is 52.4 Å². The quantitative estimate of drug-likeness (QED) is 0.474. The van der Waals surface area contributed by atoms with E-state index in [-0.39, 0.29) is 0 Å². The van der Waals surface area contributed by atoms with E-state index < -0.39 is 0 Å². The minimum atomic E-state index is 1.25. The third-order valence-electron chi connectivity index (χ3n) is 1.17. The summed E-state index contributed by atoms with van der Waals surface area (Å²) in [6, 6.07) is 10.2. The Kier molecular flexibility index (Phi) is 3.60. The molecule has 0 N–H and O–H groups in total. The van der Waals surface area contributed by atoms with Crippen molar-refractivity contribution in [3.63, 3.8) is 0 Å². The summed E-state index contributed by atoms with van der Waals surface area (Å²) >= 11 is 1.68. The summed E-state index contributed by atoms with van der Waals surface area (Å²) in [5.74, 6) is 0. The van der Waals surface area contributed by atoms with Crippen LogP contribution in [0.4, 0.5) is 0 Å². The van der Waals surface area contributed by atoms with Gasteiger partial charge in [-0.1, -0.05) is 30.0 Å². The van der Waals surface area contributed by atoms with Gasteiger partial charge in [-0.2, -0.15) is 0 Å². The maximum atomic E-state index is 3.01. The molecule has 0 spiro atoms. The maximum absolute atomic E-state index is 3.01. The van der Waals surface area contributed by atoms with Crippen molar-refractivity contribution < 1.29 is 0 Å². The van der Waals surface area contributed by atoms with Crippen molar-refractivity contribution in [2.45, 2.75) is 11.8 Å². The molecule has 0 bridgehead atoms. The highest BCUT2D eigenvalue weighted by molar-refractivity contribution is 8.02. The lowest BCUT2D eigenvalue weighted by atomic mass is 10.4. The predicted octanol–water partition coefficient (Wildman–Crippen LogP) is 3.47. The van der Waals surface area contributed by atoms with Gasteiger partial charge in [0, 0.05) is 10.3 Å². The molecule has 0 aliphatic carbocycles. The monoisotopic (exact) mass is 162 g/mol. The first-order valence-electron chi connectivity index (χ1n) is 3.51. The Balaban J connectivity index is 2.59. The molecule has 1 heteroatoms. The smallest absolute Gasteiger partial charge is 0.0175 e. The molecule has 0 heterocycles. The lowest BCUT2D eigenvalue weighted by Gasteiger charge is -1.90. The van der Waals surface area contributed by atoms with Crippen LogP contribution in [0.1, 0.15) is 6.92 Å². The molecule has 1 rings (SSSR count). The molecule has 56 valence electrons. The van der Waals surface area contributed by atoms with Gasteiger partial charge >= 0.3 is 0 Å². The van der Waals surface area contributed by atoms with Gasteiger partial charge in [0.1, 0.15) is 0 Å². The van der Waals surface area contributed by atoms with Gasteiger partial charge in [-0.15, -0.1) is 5.73 Å². The van der Waals surface area contributed by atoms with E-state index in [1.807, 2.05) is 36.6 Å². The zero-order valence-corrected chi connectivity index (χ0v) is 7.27. The van der Waals surface area contributed by atoms with Crippen LogP contribution < -0.4 is 0 Å². The van der Waals surface area contributed by atoms with Gasteiger partial charge in [-0.3, -0.25) is 0 Å². The van der Waals surface area contributed by atoms with Crippen molar-refractivity contribution in [3.05, 3.63) is 47.5 Å². The summed E-state index contributed by atoms with van der Waals surface area (Å²) in [7, 11) is 0. The Labute approximate surface area is 71.6 Å². The van der Waals surface area contributed by atoms with Gasteiger partial charge in [-0.05, 0) is 25.1 Å². The van der Waals surface area contributed by atoms with Crippen LogP contribution in [0.3, 0.4) is 0 Å². The summed E-state index contributed by atoms with van der Waals surface area (Å²) < 4.78 is 0. The lowest BCUT2D eigenvalue weighted by Crippen LogP contribution is -1.62. The molecule has 0 unspecified atom stereocenters. The molecule has 0 radical (unpaired) electrons. The largest absolute Gasteiger partial charge is 0.118 e. The second-order valence-corrected chi connectivity index (χ2v) is 2.95. The predicted molar refractivity (Wildman–Crippen MR) is 50.6 cm³/mol. The van der Waals surface area contributed by atoms with Crippen molar-refractivity contribution in [2.75, 3.05) is 0 Å². The standard InChI is InChI=1S/C10H10S/c1-2-3-9-11-10-7-5-4-6-8-10/h2,4-9H,1H3. The molecular weight excluding hydrogens is 152 g/mol. The molecule has 1 aromatic carbocycles. The van der Waals surface area contributed by atoms with Crippen molar-refractivity contribution in [1.29, 1.82) is 0 Å². The van der Waals surface area contributed by atoms with Crippen molar-refractivity contribution in [1.82, 2.24) is 0 Å². The normalized spacial score (nSPS) is 8.45. The van der Waals surface area contributed by atoms with Crippen LogP contribution in [0.2, 0.25) is 0 Å². The zero-order chi connectivity index (χ0) is 7.94. The number of rotatable bonds is 2. The summed E-state index contributed by atoms with van der Waals surface area (Å²) in [6.45, 7) is 1.96. The van der Waals surface area contributed by atoms with E-state index in [0.29, 0.717) is 0 Å². The minimum Gasteiger partial charge on any atom is -0.118 e. The molecule has 0 aliphatic rings. The summed E-state index contributed by atoms with van der Waals surface area (Å²) in [6.07, 6.45) is 1.90. The number of hydrogen-bond donors (Lipinski definition) is 0. The molecule has 0 aromatic heterocycles. The highest BCUT2D eigenvalue weighted by Crippen LogP contribution is 2.16. The molecule has 0 amide bonds. The maximum Gasteiger partial charge on any atom is 0.0175 e. The summed E-state index contributed by atoms with van der Waals surface area (Å²) in [4.78, 5) is 1.25. The van der Waals surface area contributed by atoms with E-state index in [4.69, 9.17) is 0 Å². The number of allylic oxidation sites excluding steroid dienone is 1. The van der Waals surface area contributed by atoms with Gasteiger partial charge in [0.2, 0.25) is 0 Å². The molecule has 0 saturated carbocycles. The van der Waals surface area contributed by atoms with Crippen molar-refractivity contribution in [3.8, 4) is 0 Å². The van der Waals surface area contributed by atoms with E-state index in [9.17, 15) is 0 Å². The minimum absolute atomic E-state index is 1.25. The Hall–Kier alpha value is -0.910. The highest BCUT2D eigenvalue weighted by atomic mass is 32.2. The third-order valence-corrected chi connectivity index (χ3v) is 1.97. The molecule has 0 aliphatic heterocycles. The van der Waals surface area contributed by atoms with E-state index in [1.165, 1.54) is 4.90 Å². The number of benzene rings is 1. The van der Waals surface area contributed by atoms with Crippen LogP contribution in [0.5, 0.6) is 0 Å². The second kappa shape index (κ2) is 4.84. The van der Waals surface area contributed by atoms with E-state index in [2.05, 4.69) is 17.9 Å². The fourth-order valence-corrected chi connectivity index (χ4v) is 1.32. The van der Waals surface area contributed by atoms with Gasteiger partial charge in [-0.25, -0.2) is 0 Å². The topological polar surface area (TPSA) is 0 Å². The fourth-order valence-electron chi connectivity index (χ4n) is 0.669. The van der Waals surface area contributed by atoms with E-state index >= 15 is 0 Å².